The van der Waals surface area contributed by atoms with Crippen LogP contribution in [0.1, 0.15) is 133 Å². The summed E-state index contributed by atoms with van der Waals surface area (Å²) in [4.78, 5) is 156. The lowest BCUT2D eigenvalue weighted by Crippen LogP contribution is -2.57. The number of rotatable bonds is 34. The molecule has 31 heteroatoms. The molecule has 0 unspecified atom stereocenters. The van der Waals surface area contributed by atoms with E-state index in [0.717, 1.165) is 0 Å². The molecule has 0 saturated heterocycles. The van der Waals surface area contributed by atoms with Crippen molar-refractivity contribution in [2.75, 3.05) is 23.7 Å². The second-order valence-corrected chi connectivity index (χ2v) is 23.2. The summed E-state index contributed by atoms with van der Waals surface area (Å²) in [6, 6.07) is 5.99. The van der Waals surface area contributed by atoms with Gasteiger partial charge in [-0.3, -0.25) is 57.9 Å². The van der Waals surface area contributed by atoms with Gasteiger partial charge >= 0.3 is 5.97 Å². The molecule has 2 aliphatic heterocycles. The summed E-state index contributed by atoms with van der Waals surface area (Å²) in [5.74, 6) is -8.82. The van der Waals surface area contributed by atoms with Crippen molar-refractivity contribution in [1.82, 2.24) is 31.9 Å². The van der Waals surface area contributed by atoms with Gasteiger partial charge in [0.15, 0.2) is 17.5 Å². The maximum atomic E-state index is 14.4. The van der Waals surface area contributed by atoms with E-state index in [0.29, 0.717) is 16.7 Å². The number of nitrogens with zero attached hydrogens (tertiary/aromatic N) is 2. The predicted octanol–water partition coefficient (Wildman–Crippen LogP) is -1.53. The standard InChI is InChI=1S/C60H86N18O13/c1-29(2)25-43(77-53(85)39(73-49(81)31(5)61)13-9-23-69-58(65)66)55(87)75-41(19-21-47(63)79)51(83)71-33-15-17-37-45(27-33)90-46-28-34(16-18-38(46)60(37)36-12-8-7-11-35(36)57(89)91-60)72-52(84)42(20-22-48(64)80)76-56(88)44(26-30(3)4)78-54(86)40(74-50(82)32(6)62)14-10-24-70-59(67)68/h7-8,11-12,15-18,27-32,39-44H,9-10,13-14,19-26,61-62H2,1-6H3,(H2,63,79)(H2,64,80)(H,71,83)(H,72,84)(H,73,81)(H,74,82)(H,75,87)(H,76,88)(H,77,85)(H,78,86)(H4,65,66,69)(H4,67,68,70)/t31-,32-,39-,40-,41-,42-,43-,44-/m0/s1. The fraction of sp³-hybridized carbons (Fsp3) is 0.483. The number of amides is 10. The highest BCUT2D eigenvalue weighted by Crippen LogP contribution is 2.56. The second kappa shape index (κ2) is 33.1. The maximum absolute atomic E-state index is 14.4. The van der Waals surface area contributed by atoms with Gasteiger partial charge in [-0.25, -0.2) is 4.79 Å². The summed E-state index contributed by atoms with van der Waals surface area (Å²) >= 11 is 0. The maximum Gasteiger partial charge on any atom is 0.340 e. The minimum atomic E-state index is -1.67. The van der Waals surface area contributed by atoms with Gasteiger partial charge < -0.3 is 97.9 Å². The monoisotopic (exact) mass is 1270 g/mol. The molecule has 31 nitrogen and oxygen atoms in total. The van der Waals surface area contributed by atoms with E-state index >= 15 is 0 Å². The van der Waals surface area contributed by atoms with Crippen molar-refractivity contribution < 1.29 is 62.2 Å². The molecule has 5 rings (SSSR count). The number of carbonyl (C=O) groups is 11. The van der Waals surface area contributed by atoms with Crippen LogP contribution in [0.25, 0.3) is 0 Å². The fourth-order valence-electron chi connectivity index (χ4n) is 10.0. The van der Waals surface area contributed by atoms with Crippen LogP contribution in [-0.4, -0.2) is 138 Å². The second-order valence-electron chi connectivity index (χ2n) is 23.2. The molecule has 0 aliphatic carbocycles. The Morgan fingerprint density at radius 3 is 1.20 bits per heavy atom. The molecule has 10 amide bonds. The first-order chi connectivity index (χ1) is 42.9. The minimum absolute atomic E-state index is 0.0534. The molecule has 2 heterocycles. The Kier molecular flexibility index (Phi) is 26.1. The lowest BCUT2D eigenvalue weighted by molar-refractivity contribution is -0.133. The highest BCUT2D eigenvalue weighted by Gasteiger charge is 2.53. The molecule has 3 aromatic rings. The fourth-order valence-corrected chi connectivity index (χ4v) is 10.0. The number of hydrogen-bond acceptors (Lipinski definition) is 17. The van der Waals surface area contributed by atoms with Crippen molar-refractivity contribution in [2.45, 2.75) is 160 Å². The van der Waals surface area contributed by atoms with E-state index in [-0.39, 0.29) is 129 Å². The van der Waals surface area contributed by atoms with Gasteiger partial charge in [0.2, 0.25) is 59.1 Å². The van der Waals surface area contributed by atoms with E-state index in [2.05, 4.69) is 52.5 Å². The molecule has 0 aromatic heterocycles. The third kappa shape index (κ3) is 20.6. The molecule has 24 N–H and O–H groups in total. The van der Waals surface area contributed by atoms with Crippen LogP contribution in [0.3, 0.4) is 0 Å². The van der Waals surface area contributed by atoms with Crippen LogP contribution in [0.4, 0.5) is 11.4 Å². The van der Waals surface area contributed by atoms with Crippen LogP contribution in [0.2, 0.25) is 0 Å². The van der Waals surface area contributed by atoms with Crippen LogP contribution in [0, 0.1) is 11.8 Å². The number of primary amides is 2. The molecule has 0 fully saturated rings. The van der Waals surface area contributed by atoms with Gasteiger partial charge in [-0.15, -0.1) is 0 Å². The number of aliphatic imine (C=N–C) groups is 2. The van der Waals surface area contributed by atoms with Gasteiger partial charge in [-0.2, -0.15) is 0 Å². The van der Waals surface area contributed by atoms with Crippen molar-refractivity contribution in [2.24, 2.45) is 67.7 Å². The number of guanidine groups is 2. The quantitative estimate of drug-likeness (QED) is 0.0140. The third-order valence-electron chi connectivity index (χ3n) is 14.5. The summed E-state index contributed by atoms with van der Waals surface area (Å²) in [7, 11) is 0. The predicted molar refractivity (Wildman–Crippen MR) is 336 cm³/mol. The van der Waals surface area contributed by atoms with Crippen LogP contribution >= 0.6 is 0 Å². The molecule has 494 valence electrons. The third-order valence-corrected chi connectivity index (χ3v) is 14.5. The van der Waals surface area contributed by atoms with Gasteiger partial charge in [0.05, 0.1) is 17.6 Å². The van der Waals surface area contributed by atoms with Crippen molar-refractivity contribution in [3.05, 3.63) is 82.9 Å². The number of nitrogens with two attached hydrogens (primary N) is 8. The zero-order chi connectivity index (χ0) is 67.4. The molecule has 1 spiro atoms. The summed E-state index contributed by atoms with van der Waals surface area (Å²) < 4.78 is 12.9. The Morgan fingerprint density at radius 1 is 0.462 bits per heavy atom. The Morgan fingerprint density at radius 2 is 0.824 bits per heavy atom. The van der Waals surface area contributed by atoms with E-state index in [4.69, 9.17) is 55.3 Å². The number of nitrogens with one attached hydrogen (secondary N) is 8. The summed E-state index contributed by atoms with van der Waals surface area (Å²) in [5.41, 5.74) is 44.2. The number of hydrogen-bond donors (Lipinski definition) is 16. The average Bonchev–Trinajstić information content (AvgIpc) is 1.63. The Hall–Kier alpha value is -9.91. The van der Waals surface area contributed by atoms with Crippen LogP contribution in [0.15, 0.2) is 70.6 Å². The number of anilines is 2. The lowest BCUT2D eigenvalue weighted by Gasteiger charge is -2.37. The Labute approximate surface area is 526 Å². The molecule has 8 atom stereocenters. The zero-order valence-electron chi connectivity index (χ0n) is 51.9. The van der Waals surface area contributed by atoms with E-state index in [1.165, 1.54) is 38.1 Å². The molecular formula is C60H86N18O13. The molecule has 0 radical (unpaired) electrons. The molecule has 91 heavy (non-hydrogen) atoms. The van der Waals surface area contributed by atoms with Gasteiger partial charge in [0.1, 0.15) is 47.8 Å². The van der Waals surface area contributed by atoms with Gasteiger partial charge in [-0.1, -0.05) is 45.9 Å². The Balaban J connectivity index is 1.45. The van der Waals surface area contributed by atoms with Gasteiger partial charge in [0.25, 0.3) is 0 Å². The Bertz CT molecular complexity index is 3070. The number of benzene rings is 3. The van der Waals surface area contributed by atoms with Crippen LogP contribution in [-0.2, 0) is 58.3 Å². The average molecular weight is 1270 g/mol. The first-order valence-corrected chi connectivity index (χ1v) is 29.8. The first-order valence-electron chi connectivity index (χ1n) is 29.8. The highest BCUT2D eigenvalue weighted by molar-refractivity contribution is 6.02. The number of esters is 1. The minimum Gasteiger partial charge on any atom is -0.456 e. The molecule has 3 aromatic carbocycles. The number of fused-ring (bicyclic) bond motifs is 6. The highest BCUT2D eigenvalue weighted by atomic mass is 16.6. The molecular weight excluding hydrogens is 1180 g/mol. The van der Waals surface area contributed by atoms with Crippen LogP contribution < -0.4 is 93.1 Å². The molecule has 0 bridgehead atoms. The molecule has 0 saturated carbocycles. The topological polar surface area (TPSA) is 535 Å². The van der Waals surface area contributed by atoms with Crippen molar-refractivity contribution in [3.8, 4) is 11.5 Å². The SMILES string of the molecule is CC(C)C[C@H](NC(=O)[C@H](CCCN=C(N)N)NC(=O)[C@H](C)N)C(=O)N[C@@H](CCC(N)=O)C(=O)Nc1ccc2c(c1)Oc1cc(NC(=O)[C@H](CCC(N)=O)NC(=O)[C@H](CC(C)C)NC(=O)[C@H](CCCN=C(N)N)NC(=O)[C@H](C)N)ccc1C21OC(=O)c2ccccc21. The van der Waals surface area contributed by atoms with E-state index in [1.54, 1.807) is 64.1 Å². The van der Waals surface area contributed by atoms with Gasteiger partial charge in [0, 0.05) is 66.1 Å². The summed E-state index contributed by atoms with van der Waals surface area (Å²) in [6.07, 6.45) is -0.483. The van der Waals surface area contributed by atoms with E-state index in [1.807, 2.05) is 0 Å². The van der Waals surface area contributed by atoms with E-state index < -0.39 is 119 Å². The van der Waals surface area contributed by atoms with Crippen molar-refractivity contribution in [3.63, 3.8) is 0 Å². The van der Waals surface area contributed by atoms with Gasteiger partial charge in [-0.05, 0) is 107 Å². The first kappa shape index (κ1) is 71.8. The van der Waals surface area contributed by atoms with Crippen molar-refractivity contribution >= 4 is 88.3 Å². The smallest absolute Gasteiger partial charge is 0.340 e. The normalized spacial score (nSPS) is 15.1. The largest absolute Gasteiger partial charge is 0.456 e. The number of ether oxygens (including phenoxy) is 2. The van der Waals surface area contributed by atoms with E-state index in [9.17, 15) is 52.7 Å². The number of carbonyl (C=O) groups excluding carboxylic acids is 11. The summed E-state index contributed by atoms with van der Waals surface area (Å²) in [5, 5.41) is 21.4. The summed E-state index contributed by atoms with van der Waals surface area (Å²) in [6.45, 7) is 10.3. The molecule has 2 aliphatic rings. The zero-order valence-corrected chi connectivity index (χ0v) is 51.9. The lowest BCUT2D eigenvalue weighted by atomic mass is 9.77. The van der Waals surface area contributed by atoms with Crippen LogP contribution in [0.5, 0.6) is 11.5 Å². The van der Waals surface area contributed by atoms with Crippen molar-refractivity contribution in [1.29, 1.82) is 0 Å².